The fraction of sp³-hybridized carbons (Fsp3) is 0.583. The maximum Gasteiger partial charge on any atom is 0.433 e. The standard InChI is InChI=1S/C18H20F3N5O2.C6H8O7/c19-18(20,21)15-9-14(24-17-22-10-23-26(15)17)11-5-7-25(8-6-11)16(28)12-1-3-13(27)4-2-12;7-3(8)1-6(13,5(11)12)2-4(9)10/h9-12H,1-8H2;13H,1-2H2,(H,7,8)(H,9,10)(H,11,12). The van der Waals surface area contributed by atoms with Crippen LogP contribution in [0, 0.1) is 5.92 Å². The number of aliphatic carboxylic acids is 3. The molecule has 2 aliphatic rings. The number of carboxylic acid groups (broad SMARTS) is 3. The fourth-order valence-corrected chi connectivity index (χ4v) is 4.80. The summed E-state index contributed by atoms with van der Waals surface area (Å²) >= 11 is 0. The molecule has 224 valence electrons. The molecule has 17 heteroatoms. The number of alkyl halides is 3. The van der Waals surface area contributed by atoms with Crippen LogP contribution >= 0.6 is 0 Å². The molecule has 1 saturated carbocycles. The zero-order valence-electron chi connectivity index (χ0n) is 21.6. The lowest BCUT2D eigenvalue weighted by atomic mass is 9.86. The van der Waals surface area contributed by atoms with Crippen LogP contribution in [0.25, 0.3) is 5.78 Å². The Hall–Kier alpha value is -4.15. The van der Waals surface area contributed by atoms with E-state index in [1.54, 1.807) is 4.90 Å². The number of halogens is 3. The van der Waals surface area contributed by atoms with Crippen molar-refractivity contribution in [2.24, 2.45) is 5.92 Å². The first-order valence-corrected chi connectivity index (χ1v) is 12.6. The summed E-state index contributed by atoms with van der Waals surface area (Å²) in [5.41, 5.74) is -3.30. The zero-order valence-corrected chi connectivity index (χ0v) is 21.6. The van der Waals surface area contributed by atoms with Crippen molar-refractivity contribution in [1.29, 1.82) is 0 Å². The summed E-state index contributed by atoms with van der Waals surface area (Å²) in [6.45, 7) is 0.962. The van der Waals surface area contributed by atoms with Gasteiger partial charge in [0.25, 0.3) is 5.78 Å². The van der Waals surface area contributed by atoms with Crippen LogP contribution in [-0.4, -0.2) is 93.2 Å². The van der Waals surface area contributed by atoms with Gasteiger partial charge < -0.3 is 25.3 Å². The molecule has 4 N–H and O–H groups in total. The van der Waals surface area contributed by atoms with Crippen molar-refractivity contribution in [2.75, 3.05) is 13.1 Å². The van der Waals surface area contributed by atoms with Crippen LogP contribution in [0.2, 0.25) is 0 Å². The summed E-state index contributed by atoms with van der Waals surface area (Å²) in [5, 5.41) is 37.4. The Morgan fingerprint density at radius 3 is 2.00 bits per heavy atom. The molecule has 0 unspecified atom stereocenters. The molecule has 2 aromatic rings. The highest BCUT2D eigenvalue weighted by Gasteiger charge is 2.41. The number of fused-ring (bicyclic) bond motifs is 1. The number of hydrogen-bond donors (Lipinski definition) is 4. The van der Waals surface area contributed by atoms with Crippen LogP contribution in [0.1, 0.15) is 68.7 Å². The quantitative estimate of drug-likeness (QED) is 0.362. The Morgan fingerprint density at radius 2 is 1.51 bits per heavy atom. The molecule has 14 nitrogen and oxygen atoms in total. The highest BCUT2D eigenvalue weighted by atomic mass is 19.4. The van der Waals surface area contributed by atoms with Gasteiger partial charge in [-0.3, -0.25) is 19.2 Å². The van der Waals surface area contributed by atoms with Gasteiger partial charge in [0.2, 0.25) is 5.91 Å². The average molecular weight is 588 g/mol. The third-order valence-electron chi connectivity index (χ3n) is 6.96. The minimum Gasteiger partial charge on any atom is -0.481 e. The van der Waals surface area contributed by atoms with Crippen molar-refractivity contribution >= 4 is 35.4 Å². The van der Waals surface area contributed by atoms with E-state index in [4.69, 9.17) is 20.4 Å². The molecule has 0 radical (unpaired) electrons. The smallest absolute Gasteiger partial charge is 0.433 e. The molecule has 0 spiro atoms. The van der Waals surface area contributed by atoms with Gasteiger partial charge in [0.15, 0.2) is 11.3 Å². The summed E-state index contributed by atoms with van der Waals surface area (Å²) in [6.07, 6.45) is -2.60. The molecule has 1 aliphatic heterocycles. The SMILES string of the molecule is O=C(O)CC(O)(CC(=O)O)C(=O)O.O=C1CCC(C(=O)N2CCC(c3cc(C(F)(F)F)n4ncnc4n3)CC2)CC1. The highest BCUT2D eigenvalue weighted by molar-refractivity contribution is 5.88. The van der Waals surface area contributed by atoms with Gasteiger partial charge in [0, 0.05) is 43.5 Å². The van der Waals surface area contributed by atoms with E-state index in [9.17, 15) is 37.1 Å². The lowest BCUT2D eigenvalue weighted by Gasteiger charge is -2.35. The van der Waals surface area contributed by atoms with Crippen LogP contribution in [-0.2, 0) is 30.1 Å². The molecular formula is C24H28F3N5O9. The summed E-state index contributed by atoms with van der Waals surface area (Å²) in [4.78, 5) is 64.3. The second-order valence-corrected chi connectivity index (χ2v) is 9.93. The number of hydrogen-bond acceptors (Lipinski definition) is 9. The number of carboxylic acids is 3. The van der Waals surface area contributed by atoms with Gasteiger partial charge in [0.05, 0.1) is 12.8 Å². The van der Waals surface area contributed by atoms with Gasteiger partial charge in [-0.05, 0) is 31.7 Å². The second-order valence-electron chi connectivity index (χ2n) is 9.93. The molecule has 41 heavy (non-hydrogen) atoms. The third kappa shape index (κ3) is 7.96. The van der Waals surface area contributed by atoms with Gasteiger partial charge in [-0.25, -0.2) is 9.78 Å². The number of Topliss-reactive ketones (excluding diaryl/α,β-unsaturated/α-hetero) is 1. The average Bonchev–Trinajstić information content (AvgIpc) is 3.36. The van der Waals surface area contributed by atoms with E-state index in [-0.39, 0.29) is 29.3 Å². The topological polar surface area (TPSA) is 213 Å². The molecule has 0 aromatic carbocycles. The number of carbonyl (C=O) groups excluding carboxylic acids is 2. The van der Waals surface area contributed by atoms with E-state index in [1.165, 1.54) is 0 Å². The molecule has 0 bridgehead atoms. The molecule has 4 rings (SSSR count). The van der Waals surface area contributed by atoms with E-state index < -0.39 is 48.2 Å². The Balaban J connectivity index is 0.000000302. The molecule has 1 saturated heterocycles. The number of likely N-dealkylation sites (tertiary alicyclic amines) is 1. The van der Waals surface area contributed by atoms with Crippen molar-refractivity contribution < 1.29 is 57.6 Å². The lowest BCUT2D eigenvalue weighted by Crippen LogP contribution is -2.42. The predicted molar refractivity (Wildman–Crippen MR) is 128 cm³/mol. The first-order valence-electron chi connectivity index (χ1n) is 12.6. The second kappa shape index (κ2) is 12.6. The first-order chi connectivity index (χ1) is 19.1. The van der Waals surface area contributed by atoms with Crippen LogP contribution in [0.4, 0.5) is 13.2 Å². The van der Waals surface area contributed by atoms with E-state index >= 15 is 0 Å². The first kappa shape index (κ1) is 31.4. The number of nitrogens with zero attached hydrogens (tertiary/aromatic N) is 5. The van der Waals surface area contributed by atoms with E-state index in [1.807, 2.05) is 0 Å². The maximum atomic E-state index is 13.4. The van der Waals surface area contributed by atoms with Crippen molar-refractivity contribution in [1.82, 2.24) is 24.5 Å². The van der Waals surface area contributed by atoms with Crippen molar-refractivity contribution in [3.63, 3.8) is 0 Å². The Kier molecular flexibility index (Phi) is 9.62. The van der Waals surface area contributed by atoms with E-state index in [0.29, 0.717) is 61.8 Å². The molecule has 1 amide bonds. The summed E-state index contributed by atoms with van der Waals surface area (Å²) in [6, 6.07) is 1.04. The Bertz CT molecular complexity index is 1300. The third-order valence-corrected chi connectivity index (χ3v) is 6.96. The van der Waals surface area contributed by atoms with Crippen molar-refractivity contribution in [3.8, 4) is 0 Å². The Morgan fingerprint density at radius 1 is 0.951 bits per heavy atom. The van der Waals surface area contributed by atoms with Gasteiger partial charge >= 0.3 is 24.1 Å². The maximum absolute atomic E-state index is 13.4. The fourth-order valence-electron chi connectivity index (χ4n) is 4.80. The summed E-state index contributed by atoms with van der Waals surface area (Å²) in [7, 11) is 0. The minimum atomic E-state index is -4.56. The van der Waals surface area contributed by atoms with Gasteiger partial charge in [-0.1, -0.05) is 0 Å². The number of ketones is 1. The number of aliphatic hydroxyl groups is 1. The molecule has 2 aromatic heterocycles. The molecular weight excluding hydrogens is 559 g/mol. The van der Waals surface area contributed by atoms with Crippen LogP contribution in [0.15, 0.2) is 12.4 Å². The minimum absolute atomic E-state index is 0.0581. The van der Waals surface area contributed by atoms with Crippen LogP contribution < -0.4 is 0 Å². The van der Waals surface area contributed by atoms with Crippen LogP contribution in [0.5, 0.6) is 0 Å². The number of piperidine rings is 1. The predicted octanol–water partition coefficient (Wildman–Crippen LogP) is 1.36. The molecule has 3 heterocycles. The van der Waals surface area contributed by atoms with Gasteiger partial charge in [0.1, 0.15) is 12.1 Å². The normalized spacial score (nSPS) is 17.2. The lowest BCUT2D eigenvalue weighted by molar-refractivity contribution is -0.170. The van der Waals surface area contributed by atoms with Gasteiger partial charge in [-0.2, -0.15) is 27.8 Å². The monoisotopic (exact) mass is 587 g/mol. The summed E-state index contributed by atoms with van der Waals surface area (Å²) < 4.78 is 40.8. The van der Waals surface area contributed by atoms with E-state index in [0.717, 1.165) is 12.4 Å². The van der Waals surface area contributed by atoms with Gasteiger partial charge in [-0.15, -0.1) is 0 Å². The van der Waals surface area contributed by atoms with Crippen molar-refractivity contribution in [2.45, 2.75) is 69.1 Å². The van der Waals surface area contributed by atoms with E-state index in [2.05, 4.69) is 15.1 Å². The molecule has 1 aliphatic carbocycles. The number of rotatable bonds is 7. The highest BCUT2D eigenvalue weighted by Crippen LogP contribution is 2.34. The largest absolute Gasteiger partial charge is 0.481 e. The number of amides is 1. The molecule has 2 fully saturated rings. The summed E-state index contributed by atoms with van der Waals surface area (Å²) in [5.74, 6) is -5.11. The number of carbonyl (C=O) groups is 5. The molecule has 0 atom stereocenters. The Labute approximate surface area is 229 Å². The van der Waals surface area contributed by atoms with Crippen molar-refractivity contribution in [3.05, 3.63) is 23.8 Å². The van der Waals surface area contributed by atoms with Crippen LogP contribution in [0.3, 0.4) is 0 Å². The zero-order chi connectivity index (χ0) is 30.5. The number of aromatic nitrogens is 4.